The van der Waals surface area contributed by atoms with Gasteiger partial charge in [0.1, 0.15) is 6.04 Å². The van der Waals surface area contributed by atoms with Crippen LogP contribution in [-0.4, -0.2) is 73.0 Å². The fraction of sp³-hybridized carbons (Fsp3) is 0.633. The Morgan fingerprint density at radius 2 is 1.81 bits per heavy atom. The normalized spacial score (nSPS) is 20.8. The van der Waals surface area contributed by atoms with Crippen molar-refractivity contribution >= 4 is 17.8 Å². The highest BCUT2D eigenvalue weighted by Crippen LogP contribution is 2.31. The Kier molecular flexibility index (Phi) is 10.9. The number of rotatable bonds is 9. The summed E-state index contributed by atoms with van der Waals surface area (Å²) in [7, 11) is 3.72. The molecule has 1 aromatic rings. The van der Waals surface area contributed by atoms with Gasteiger partial charge in [0.05, 0.1) is 18.7 Å². The molecule has 7 nitrogen and oxygen atoms in total. The van der Waals surface area contributed by atoms with Crippen molar-refractivity contribution < 1.29 is 19.1 Å². The molecule has 4 atom stereocenters. The first-order chi connectivity index (χ1) is 17.3. The average Bonchev–Trinajstić information content (AvgIpc) is 2.84. The van der Waals surface area contributed by atoms with Gasteiger partial charge in [-0.05, 0) is 63.1 Å². The first-order valence-electron chi connectivity index (χ1n) is 13.5. The molecule has 1 aromatic carbocycles. The molecule has 0 radical (unpaired) electrons. The lowest BCUT2D eigenvalue weighted by atomic mass is 9.83. The van der Waals surface area contributed by atoms with Crippen molar-refractivity contribution in [2.75, 3.05) is 27.2 Å². The lowest BCUT2D eigenvalue weighted by molar-refractivity contribution is -0.142. The van der Waals surface area contributed by atoms with Crippen LogP contribution in [0, 0.1) is 11.3 Å². The Balaban J connectivity index is 2.25. The molecule has 0 unspecified atom stereocenters. The maximum Gasteiger partial charge on any atom is 0.333 e. The van der Waals surface area contributed by atoms with Crippen molar-refractivity contribution in [2.45, 2.75) is 85.4 Å². The first-order valence-corrected chi connectivity index (χ1v) is 13.5. The molecule has 0 spiro atoms. The van der Waals surface area contributed by atoms with Crippen LogP contribution in [0.4, 0.5) is 0 Å². The number of piperidine rings is 1. The van der Waals surface area contributed by atoms with E-state index in [1.54, 1.807) is 31.9 Å². The van der Waals surface area contributed by atoms with Crippen molar-refractivity contribution in [3.8, 4) is 0 Å². The van der Waals surface area contributed by atoms with Crippen LogP contribution in [0.3, 0.4) is 0 Å². The second-order valence-corrected chi connectivity index (χ2v) is 11.7. The Morgan fingerprint density at radius 3 is 2.35 bits per heavy atom. The zero-order valence-corrected chi connectivity index (χ0v) is 24.2. The van der Waals surface area contributed by atoms with Crippen molar-refractivity contribution in [3.63, 3.8) is 0 Å². The number of hydrogen-bond donors (Lipinski definition) is 1. The summed E-state index contributed by atoms with van der Waals surface area (Å²) in [5, 5.41) is 3.12. The van der Waals surface area contributed by atoms with Gasteiger partial charge in [0.15, 0.2) is 0 Å². The summed E-state index contributed by atoms with van der Waals surface area (Å²) in [5.41, 5.74) is 1.21. The molecule has 37 heavy (non-hydrogen) atoms. The number of esters is 1. The predicted octanol–water partition coefficient (Wildman–Crippen LogP) is 4.39. The molecular weight excluding hydrogens is 466 g/mol. The number of amides is 2. The Hall–Kier alpha value is -2.67. The van der Waals surface area contributed by atoms with Crippen LogP contribution in [0.1, 0.15) is 72.8 Å². The second-order valence-electron chi connectivity index (χ2n) is 11.7. The lowest BCUT2D eigenvalue weighted by Gasteiger charge is -2.40. The van der Waals surface area contributed by atoms with Gasteiger partial charge in [-0.3, -0.25) is 14.5 Å². The van der Waals surface area contributed by atoms with Gasteiger partial charge in [-0.1, -0.05) is 71.0 Å². The topological polar surface area (TPSA) is 79.0 Å². The third-order valence-corrected chi connectivity index (χ3v) is 7.34. The van der Waals surface area contributed by atoms with Gasteiger partial charge in [0.2, 0.25) is 11.8 Å². The molecule has 0 saturated carbocycles. The number of carbonyl (C=O) groups is 3. The highest BCUT2D eigenvalue weighted by Gasteiger charge is 2.40. The summed E-state index contributed by atoms with van der Waals surface area (Å²) in [4.78, 5) is 43.4. The van der Waals surface area contributed by atoms with Gasteiger partial charge in [-0.25, -0.2) is 4.79 Å². The van der Waals surface area contributed by atoms with Gasteiger partial charge in [0, 0.05) is 12.6 Å². The standard InChI is InChI=1S/C30H47N3O4/c1-10-37-29(36)21(4)18-24(20(2)3)33(9)28(35)26(30(5,6)7)31-27(34)25-19-23(16-17-32(25)8)22-14-12-11-13-15-22/h11-15,18,20,23-26H,10,16-17,19H2,1-9H3,(H,31,34)/t23-,24+,25+,26+/m0/s1. The first kappa shape index (κ1) is 30.6. The maximum absolute atomic E-state index is 13.9. The number of carbonyl (C=O) groups excluding carboxylic acids is 3. The third kappa shape index (κ3) is 8.16. The molecule has 1 aliphatic rings. The van der Waals surface area contributed by atoms with E-state index < -0.39 is 11.5 Å². The third-order valence-electron chi connectivity index (χ3n) is 7.34. The largest absolute Gasteiger partial charge is 0.463 e. The number of nitrogens with one attached hydrogen (secondary N) is 1. The molecule has 1 fully saturated rings. The van der Waals surface area contributed by atoms with Crippen LogP contribution >= 0.6 is 0 Å². The van der Waals surface area contributed by atoms with E-state index in [0.717, 1.165) is 13.0 Å². The molecule has 0 aromatic heterocycles. The second kappa shape index (κ2) is 13.2. The van der Waals surface area contributed by atoms with E-state index in [1.807, 2.05) is 59.9 Å². The lowest BCUT2D eigenvalue weighted by Crippen LogP contribution is -2.60. The van der Waals surface area contributed by atoms with Gasteiger partial charge < -0.3 is 15.0 Å². The molecular formula is C30H47N3O4. The van der Waals surface area contributed by atoms with Crippen molar-refractivity contribution in [2.24, 2.45) is 11.3 Å². The minimum atomic E-state index is -0.715. The van der Waals surface area contributed by atoms with Crippen LogP contribution < -0.4 is 5.32 Å². The molecule has 2 amide bonds. The monoisotopic (exact) mass is 513 g/mol. The molecule has 2 rings (SSSR count). The molecule has 1 saturated heterocycles. The van der Waals surface area contributed by atoms with Gasteiger partial charge in [-0.2, -0.15) is 0 Å². The summed E-state index contributed by atoms with van der Waals surface area (Å²) < 4.78 is 5.12. The highest BCUT2D eigenvalue weighted by molar-refractivity contribution is 5.91. The molecule has 1 heterocycles. The molecule has 0 bridgehead atoms. The van der Waals surface area contributed by atoms with Crippen molar-refractivity contribution in [3.05, 3.63) is 47.5 Å². The van der Waals surface area contributed by atoms with Crippen LogP contribution in [0.15, 0.2) is 42.0 Å². The molecule has 0 aliphatic carbocycles. The minimum absolute atomic E-state index is 0.0609. The summed E-state index contributed by atoms with van der Waals surface area (Å²) >= 11 is 0. The Morgan fingerprint density at radius 1 is 1.19 bits per heavy atom. The fourth-order valence-corrected chi connectivity index (χ4v) is 4.98. The zero-order chi connectivity index (χ0) is 27.9. The number of likely N-dealkylation sites (tertiary alicyclic amines) is 1. The fourth-order valence-electron chi connectivity index (χ4n) is 4.98. The smallest absolute Gasteiger partial charge is 0.333 e. The molecule has 7 heteroatoms. The van der Waals surface area contributed by atoms with Crippen LogP contribution in [0.5, 0.6) is 0 Å². The number of benzene rings is 1. The number of likely N-dealkylation sites (N-methyl/N-ethyl adjacent to an activating group) is 2. The van der Waals surface area contributed by atoms with Gasteiger partial charge in [0.25, 0.3) is 0 Å². The van der Waals surface area contributed by atoms with E-state index in [1.165, 1.54) is 5.56 Å². The molecule has 206 valence electrons. The average molecular weight is 514 g/mol. The van der Waals surface area contributed by atoms with E-state index in [2.05, 4.69) is 22.3 Å². The predicted molar refractivity (Wildman–Crippen MR) is 148 cm³/mol. The van der Waals surface area contributed by atoms with E-state index in [9.17, 15) is 14.4 Å². The van der Waals surface area contributed by atoms with E-state index in [4.69, 9.17) is 4.74 Å². The van der Waals surface area contributed by atoms with Crippen LogP contribution in [0.25, 0.3) is 0 Å². The Bertz CT molecular complexity index is 951. The quantitative estimate of drug-likeness (QED) is 0.391. The zero-order valence-electron chi connectivity index (χ0n) is 24.2. The number of ether oxygens (including phenoxy) is 1. The summed E-state index contributed by atoms with van der Waals surface area (Å²) in [6.07, 6.45) is 3.50. The molecule has 1 N–H and O–H groups in total. The minimum Gasteiger partial charge on any atom is -0.463 e. The van der Waals surface area contributed by atoms with Crippen LogP contribution in [-0.2, 0) is 19.1 Å². The Labute approximate surface area is 223 Å². The van der Waals surface area contributed by atoms with Gasteiger partial charge in [-0.15, -0.1) is 0 Å². The maximum atomic E-state index is 13.9. The SMILES string of the molecule is CCOC(=O)C(C)=C[C@H](C(C)C)N(C)C(=O)[C@@H](NC(=O)[C@H]1C[C@@H](c2ccccc2)CCN1C)C(C)(C)C. The summed E-state index contributed by atoms with van der Waals surface area (Å²) in [5.74, 6) is -0.315. The van der Waals surface area contributed by atoms with Crippen LogP contribution in [0.2, 0.25) is 0 Å². The van der Waals surface area contributed by atoms with E-state index in [-0.39, 0.29) is 35.8 Å². The van der Waals surface area contributed by atoms with E-state index >= 15 is 0 Å². The summed E-state index contributed by atoms with van der Waals surface area (Å²) in [6, 6.07) is 8.98. The molecule has 1 aliphatic heterocycles. The number of nitrogens with zero attached hydrogens (tertiary/aromatic N) is 2. The highest BCUT2D eigenvalue weighted by atomic mass is 16.5. The van der Waals surface area contributed by atoms with Crippen molar-refractivity contribution in [1.29, 1.82) is 0 Å². The van der Waals surface area contributed by atoms with E-state index in [0.29, 0.717) is 24.5 Å². The number of hydrogen-bond acceptors (Lipinski definition) is 5. The van der Waals surface area contributed by atoms with Crippen molar-refractivity contribution in [1.82, 2.24) is 15.1 Å². The van der Waals surface area contributed by atoms with Gasteiger partial charge >= 0.3 is 5.97 Å². The summed E-state index contributed by atoms with van der Waals surface area (Å²) in [6.45, 7) is 14.5.